The summed E-state index contributed by atoms with van der Waals surface area (Å²) >= 11 is 0. The lowest BCUT2D eigenvalue weighted by Crippen LogP contribution is -2.35. The highest BCUT2D eigenvalue weighted by molar-refractivity contribution is 7.89. The predicted octanol–water partition coefficient (Wildman–Crippen LogP) is 1.82. The Labute approximate surface area is 139 Å². The summed E-state index contributed by atoms with van der Waals surface area (Å²) in [4.78, 5) is 4.17. The molecule has 0 bridgehead atoms. The third kappa shape index (κ3) is 2.64. The number of sulfonamides is 1. The molecule has 0 radical (unpaired) electrons. The summed E-state index contributed by atoms with van der Waals surface area (Å²) in [6.45, 7) is 1.30. The first kappa shape index (κ1) is 15.7. The summed E-state index contributed by atoms with van der Waals surface area (Å²) in [5.74, 6) is -0.450. The molecule has 2 fully saturated rings. The normalized spacial score (nSPS) is 28.0. The molecule has 1 aromatic carbocycles. The summed E-state index contributed by atoms with van der Waals surface area (Å²) in [5, 5.41) is 0. The van der Waals surface area contributed by atoms with Gasteiger partial charge in [0.2, 0.25) is 10.0 Å². The van der Waals surface area contributed by atoms with Crippen LogP contribution in [0.2, 0.25) is 0 Å². The summed E-state index contributed by atoms with van der Waals surface area (Å²) in [6.07, 6.45) is 6.81. The van der Waals surface area contributed by atoms with Crippen molar-refractivity contribution < 1.29 is 17.5 Å². The highest BCUT2D eigenvalue weighted by Crippen LogP contribution is 2.41. The van der Waals surface area contributed by atoms with E-state index in [4.69, 9.17) is 4.74 Å². The molecular formula is C16H18FN3O3S. The van der Waals surface area contributed by atoms with Crippen LogP contribution in [0.3, 0.4) is 0 Å². The summed E-state index contributed by atoms with van der Waals surface area (Å²) < 4.78 is 47.9. The number of halogens is 1. The number of benzene rings is 1. The van der Waals surface area contributed by atoms with Crippen molar-refractivity contribution in [3.05, 3.63) is 48.8 Å². The quantitative estimate of drug-likeness (QED) is 0.846. The van der Waals surface area contributed by atoms with E-state index in [1.54, 1.807) is 12.5 Å². The Morgan fingerprint density at radius 3 is 2.79 bits per heavy atom. The van der Waals surface area contributed by atoms with Gasteiger partial charge in [-0.2, -0.15) is 4.31 Å². The van der Waals surface area contributed by atoms with E-state index < -0.39 is 21.4 Å². The molecule has 1 aromatic heterocycles. The Morgan fingerprint density at radius 2 is 2.08 bits per heavy atom. The topological polar surface area (TPSA) is 64.4 Å². The number of imidazole rings is 1. The maximum absolute atomic E-state index is 13.0. The molecule has 1 spiro atoms. The molecule has 2 aliphatic heterocycles. The smallest absolute Gasteiger partial charge is 0.243 e. The van der Waals surface area contributed by atoms with Crippen LogP contribution in [0.15, 0.2) is 47.9 Å². The molecular weight excluding hydrogens is 333 g/mol. The summed E-state index contributed by atoms with van der Waals surface area (Å²) in [5.41, 5.74) is -0.442. The first-order valence-corrected chi connectivity index (χ1v) is 9.30. The van der Waals surface area contributed by atoms with Crippen molar-refractivity contribution in [1.82, 2.24) is 13.9 Å². The van der Waals surface area contributed by atoms with E-state index >= 15 is 0 Å². The second-order valence-corrected chi connectivity index (χ2v) is 8.34. The van der Waals surface area contributed by atoms with Crippen molar-refractivity contribution in [2.24, 2.45) is 0 Å². The number of hydrogen-bond acceptors (Lipinski definition) is 4. The second-order valence-electron chi connectivity index (χ2n) is 6.40. The van der Waals surface area contributed by atoms with Gasteiger partial charge in [0, 0.05) is 31.9 Å². The monoisotopic (exact) mass is 351 g/mol. The van der Waals surface area contributed by atoms with Crippen LogP contribution >= 0.6 is 0 Å². The fourth-order valence-corrected chi connectivity index (χ4v) is 5.07. The molecule has 6 nitrogen and oxygen atoms in total. The van der Waals surface area contributed by atoms with Gasteiger partial charge >= 0.3 is 0 Å². The lowest BCUT2D eigenvalue weighted by atomic mass is 9.97. The second kappa shape index (κ2) is 5.65. The molecule has 0 amide bonds. The third-order valence-corrected chi connectivity index (χ3v) is 6.73. The third-order valence-electron chi connectivity index (χ3n) is 4.87. The van der Waals surface area contributed by atoms with E-state index in [1.165, 1.54) is 28.6 Å². The lowest BCUT2D eigenvalue weighted by molar-refractivity contribution is 0.0165. The molecule has 128 valence electrons. The van der Waals surface area contributed by atoms with Crippen LogP contribution in [-0.2, 0) is 14.8 Å². The van der Waals surface area contributed by atoms with Gasteiger partial charge in [0.15, 0.2) is 0 Å². The minimum absolute atomic E-state index is 0.116. The van der Waals surface area contributed by atoms with Gasteiger partial charge in [0.1, 0.15) is 5.82 Å². The number of ether oxygens (including phenoxy) is 1. The van der Waals surface area contributed by atoms with Gasteiger partial charge in [-0.15, -0.1) is 0 Å². The van der Waals surface area contributed by atoms with E-state index in [1.807, 2.05) is 10.8 Å². The van der Waals surface area contributed by atoms with Crippen molar-refractivity contribution in [3.8, 4) is 0 Å². The minimum Gasteiger partial charge on any atom is -0.371 e. The molecule has 4 rings (SSSR count). The van der Waals surface area contributed by atoms with E-state index in [9.17, 15) is 12.8 Å². The van der Waals surface area contributed by atoms with E-state index in [0.29, 0.717) is 26.1 Å². The molecule has 0 saturated carbocycles. The zero-order chi connectivity index (χ0) is 16.8. The lowest BCUT2D eigenvalue weighted by Gasteiger charge is -2.23. The first-order chi connectivity index (χ1) is 11.5. The van der Waals surface area contributed by atoms with E-state index in [-0.39, 0.29) is 10.9 Å². The molecule has 24 heavy (non-hydrogen) atoms. The summed E-state index contributed by atoms with van der Waals surface area (Å²) in [7, 11) is -3.62. The molecule has 3 heterocycles. The molecule has 8 heteroatoms. The molecule has 2 aromatic rings. The number of rotatable bonds is 3. The van der Waals surface area contributed by atoms with E-state index in [0.717, 1.165) is 6.42 Å². The van der Waals surface area contributed by atoms with Crippen molar-refractivity contribution in [3.63, 3.8) is 0 Å². The Bertz CT molecular complexity index is 823. The Balaban J connectivity index is 1.51. The van der Waals surface area contributed by atoms with Crippen LogP contribution in [0, 0.1) is 5.82 Å². The molecule has 0 unspecified atom stereocenters. The minimum atomic E-state index is -3.62. The Morgan fingerprint density at radius 1 is 1.29 bits per heavy atom. The highest BCUT2D eigenvalue weighted by atomic mass is 32.2. The number of nitrogens with zero attached hydrogens (tertiary/aromatic N) is 3. The van der Waals surface area contributed by atoms with Gasteiger partial charge in [-0.25, -0.2) is 17.8 Å². The van der Waals surface area contributed by atoms with Crippen molar-refractivity contribution >= 4 is 10.0 Å². The highest BCUT2D eigenvalue weighted by Gasteiger charge is 2.49. The Hall–Kier alpha value is -1.77. The van der Waals surface area contributed by atoms with Gasteiger partial charge in [-0.05, 0) is 30.7 Å². The van der Waals surface area contributed by atoms with E-state index in [2.05, 4.69) is 4.98 Å². The number of aromatic nitrogens is 2. The van der Waals surface area contributed by atoms with Gasteiger partial charge in [-0.1, -0.05) is 0 Å². The standard InChI is InChI=1S/C16H18FN3O3S/c17-13-1-3-15(4-2-13)24(21,22)20-7-5-16(11-20)9-14(10-23-16)19-8-6-18-12-19/h1-4,6,8,12,14H,5,7,9-11H2/t14-,16-/m1/s1. The number of hydrogen-bond donors (Lipinski definition) is 0. The molecule has 2 aliphatic rings. The van der Waals surface area contributed by atoms with Crippen LogP contribution in [0.25, 0.3) is 0 Å². The average Bonchev–Trinajstić information content (AvgIpc) is 3.30. The maximum atomic E-state index is 13.0. The first-order valence-electron chi connectivity index (χ1n) is 7.86. The maximum Gasteiger partial charge on any atom is 0.243 e. The zero-order valence-corrected chi connectivity index (χ0v) is 13.8. The molecule has 2 atom stereocenters. The Kier molecular flexibility index (Phi) is 3.70. The average molecular weight is 351 g/mol. The molecule has 2 saturated heterocycles. The van der Waals surface area contributed by atoms with Crippen molar-refractivity contribution in [2.45, 2.75) is 29.4 Å². The van der Waals surface area contributed by atoms with Crippen LogP contribution in [0.1, 0.15) is 18.9 Å². The summed E-state index contributed by atoms with van der Waals surface area (Å²) in [6, 6.07) is 5.12. The fraction of sp³-hybridized carbons (Fsp3) is 0.438. The van der Waals surface area contributed by atoms with Crippen LogP contribution in [0.4, 0.5) is 4.39 Å². The molecule has 0 aliphatic carbocycles. The van der Waals surface area contributed by atoms with Crippen LogP contribution < -0.4 is 0 Å². The van der Waals surface area contributed by atoms with Gasteiger partial charge in [0.25, 0.3) is 0 Å². The molecule has 0 N–H and O–H groups in total. The zero-order valence-electron chi connectivity index (χ0n) is 13.0. The van der Waals surface area contributed by atoms with Crippen LogP contribution in [0.5, 0.6) is 0 Å². The largest absolute Gasteiger partial charge is 0.371 e. The fourth-order valence-electron chi connectivity index (χ4n) is 3.55. The van der Waals surface area contributed by atoms with Gasteiger partial charge in [0.05, 0.1) is 29.5 Å². The van der Waals surface area contributed by atoms with Crippen molar-refractivity contribution in [1.29, 1.82) is 0 Å². The van der Waals surface area contributed by atoms with Crippen molar-refractivity contribution in [2.75, 3.05) is 19.7 Å². The van der Waals surface area contributed by atoms with Gasteiger partial charge in [-0.3, -0.25) is 0 Å². The van der Waals surface area contributed by atoms with Gasteiger partial charge < -0.3 is 9.30 Å². The van der Waals surface area contributed by atoms with Crippen LogP contribution in [-0.4, -0.2) is 47.6 Å². The predicted molar refractivity (Wildman–Crippen MR) is 84.3 cm³/mol. The SMILES string of the molecule is O=S(=O)(c1ccc(F)cc1)N1CC[C@@]2(C[C@@H](n3ccnc3)CO2)C1.